The third kappa shape index (κ3) is 7.05. The molecule has 31 heavy (non-hydrogen) atoms. The van der Waals surface area contributed by atoms with Gasteiger partial charge in [-0.05, 0) is 68.1 Å². The van der Waals surface area contributed by atoms with Crippen LogP contribution in [0, 0.1) is 29.4 Å². The monoisotopic (exact) mass is 432 g/mol. The van der Waals surface area contributed by atoms with E-state index in [4.69, 9.17) is 4.74 Å². The molecule has 1 atom stereocenters. The molecule has 1 unspecified atom stereocenters. The van der Waals surface area contributed by atoms with Crippen molar-refractivity contribution in [1.82, 2.24) is 0 Å². The Morgan fingerprint density at radius 2 is 1.52 bits per heavy atom. The van der Waals surface area contributed by atoms with Gasteiger partial charge in [-0.15, -0.1) is 0 Å². The number of allylic oxidation sites excluding steroid dienone is 2. The first-order valence-corrected chi connectivity index (χ1v) is 12.9. The van der Waals surface area contributed by atoms with E-state index in [-0.39, 0.29) is 5.75 Å². The van der Waals surface area contributed by atoms with E-state index >= 15 is 0 Å². The zero-order chi connectivity index (χ0) is 22.1. The average Bonchev–Trinajstić information content (AvgIpc) is 2.80. The van der Waals surface area contributed by atoms with E-state index < -0.39 is 11.6 Å². The predicted octanol–water partition coefficient (Wildman–Crippen LogP) is 9.10. The number of ether oxygens (including phenoxy) is 1. The van der Waals surface area contributed by atoms with Crippen LogP contribution in [-0.4, -0.2) is 6.61 Å². The maximum atomic E-state index is 14.5. The molecule has 3 heteroatoms. The lowest BCUT2D eigenvalue weighted by molar-refractivity contribution is 0.234. The fourth-order valence-electron chi connectivity index (χ4n) is 5.58. The quantitative estimate of drug-likeness (QED) is 0.317. The third-order valence-electron chi connectivity index (χ3n) is 7.63. The van der Waals surface area contributed by atoms with Crippen LogP contribution in [0.3, 0.4) is 0 Å². The number of hydrogen-bond donors (Lipinski definition) is 0. The van der Waals surface area contributed by atoms with Crippen molar-refractivity contribution in [2.45, 2.75) is 104 Å². The van der Waals surface area contributed by atoms with E-state index in [2.05, 4.69) is 13.0 Å². The molecule has 0 aliphatic heterocycles. The molecule has 3 rings (SSSR count). The average molecular weight is 433 g/mol. The Balaban J connectivity index is 1.40. The van der Waals surface area contributed by atoms with Gasteiger partial charge in [0.15, 0.2) is 11.6 Å². The summed E-state index contributed by atoms with van der Waals surface area (Å²) in [5.41, 5.74) is 1.37. The molecular formula is C28H42F2O. The molecule has 0 heterocycles. The van der Waals surface area contributed by atoms with Gasteiger partial charge in [-0.3, -0.25) is 0 Å². The molecule has 0 radical (unpaired) electrons. The number of unbranched alkanes of at least 4 members (excludes halogenated alkanes) is 3. The Bertz CT molecular complexity index is 703. The lowest BCUT2D eigenvalue weighted by Crippen LogP contribution is -2.16. The van der Waals surface area contributed by atoms with Gasteiger partial charge in [-0.1, -0.05) is 77.2 Å². The zero-order valence-electron chi connectivity index (χ0n) is 19.7. The highest BCUT2D eigenvalue weighted by atomic mass is 19.2. The van der Waals surface area contributed by atoms with E-state index in [1.807, 2.05) is 0 Å². The molecule has 0 spiro atoms. The Morgan fingerprint density at radius 3 is 2.16 bits per heavy atom. The molecular weight excluding hydrogens is 390 g/mol. The zero-order valence-corrected chi connectivity index (χ0v) is 19.7. The minimum Gasteiger partial charge on any atom is -0.491 e. The maximum Gasteiger partial charge on any atom is 0.201 e. The van der Waals surface area contributed by atoms with Crippen LogP contribution in [-0.2, 0) is 0 Å². The van der Waals surface area contributed by atoms with Crippen molar-refractivity contribution >= 4 is 5.57 Å². The van der Waals surface area contributed by atoms with Crippen LogP contribution in [0.2, 0.25) is 0 Å². The summed E-state index contributed by atoms with van der Waals surface area (Å²) in [4.78, 5) is 0. The number of benzene rings is 1. The Labute approximate surface area is 188 Å². The summed E-state index contributed by atoms with van der Waals surface area (Å²) in [6, 6.07) is 3.24. The Kier molecular flexibility index (Phi) is 9.87. The third-order valence-corrected chi connectivity index (χ3v) is 7.63. The number of halogens is 2. The van der Waals surface area contributed by atoms with Gasteiger partial charge in [0.05, 0.1) is 6.61 Å². The van der Waals surface area contributed by atoms with E-state index in [1.54, 1.807) is 19.1 Å². The summed E-state index contributed by atoms with van der Waals surface area (Å²) in [6.45, 7) is 4.39. The van der Waals surface area contributed by atoms with Gasteiger partial charge in [0.25, 0.3) is 0 Å². The van der Waals surface area contributed by atoms with Gasteiger partial charge in [0.2, 0.25) is 5.82 Å². The topological polar surface area (TPSA) is 9.23 Å². The fourth-order valence-corrected chi connectivity index (χ4v) is 5.58. The Hall–Kier alpha value is -1.38. The maximum absolute atomic E-state index is 14.5. The fraction of sp³-hybridized carbons (Fsp3) is 0.714. The minimum atomic E-state index is -0.858. The lowest BCUT2D eigenvalue weighted by atomic mass is 9.76. The van der Waals surface area contributed by atoms with Gasteiger partial charge >= 0.3 is 0 Å². The lowest BCUT2D eigenvalue weighted by Gasteiger charge is -2.30. The van der Waals surface area contributed by atoms with Crippen LogP contribution in [0.25, 0.3) is 5.57 Å². The summed E-state index contributed by atoms with van der Waals surface area (Å²) in [6.07, 6.45) is 20.5. The summed E-state index contributed by atoms with van der Waals surface area (Å²) in [5, 5.41) is 0. The molecule has 1 saturated carbocycles. The van der Waals surface area contributed by atoms with Crippen molar-refractivity contribution < 1.29 is 13.5 Å². The summed E-state index contributed by atoms with van der Waals surface area (Å²) in [7, 11) is 0. The van der Waals surface area contributed by atoms with E-state index in [1.165, 1.54) is 70.6 Å². The van der Waals surface area contributed by atoms with Crippen LogP contribution < -0.4 is 4.74 Å². The second kappa shape index (κ2) is 12.6. The molecule has 1 nitrogen and oxygen atoms in total. The molecule has 1 fully saturated rings. The van der Waals surface area contributed by atoms with Crippen molar-refractivity contribution in [3.63, 3.8) is 0 Å². The van der Waals surface area contributed by atoms with Gasteiger partial charge in [-0.25, -0.2) is 4.39 Å². The van der Waals surface area contributed by atoms with Crippen molar-refractivity contribution in [3.05, 3.63) is 35.4 Å². The second-order valence-electron chi connectivity index (χ2n) is 9.86. The molecule has 1 aromatic rings. The minimum absolute atomic E-state index is 0.00807. The molecule has 0 bridgehead atoms. The molecule has 0 amide bonds. The van der Waals surface area contributed by atoms with Crippen molar-refractivity contribution in [2.75, 3.05) is 6.61 Å². The number of rotatable bonds is 11. The van der Waals surface area contributed by atoms with Crippen molar-refractivity contribution in [1.29, 1.82) is 0 Å². The first-order chi connectivity index (χ1) is 15.1. The molecule has 0 N–H and O–H groups in total. The van der Waals surface area contributed by atoms with Gasteiger partial charge in [0, 0.05) is 5.56 Å². The molecule has 1 aromatic carbocycles. The summed E-state index contributed by atoms with van der Waals surface area (Å²) in [5.74, 6) is 0.984. The standard InChI is InChI=1S/C28H42F2O/c1-3-5-6-7-8-21-9-11-22(12-10-21)13-14-23-15-17-24(18-16-23)25-19-20-26(31-4-2)28(30)27(25)29/h17,19-23H,3-16,18H2,1-2H3. The second-order valence-corrected chi connectivity index (χ2v) is 9.86. The highest BCUT2D eigenvalue weighted by Crippen LogP contribution is 2.39. The Morgan fingerprint density at radius 1 is 0.806 bits per heavy atom. The van der Waals surface area contributed by atoms with Crippen molar-refractivity contribution in [3.8, 4) is 5.75 Å². The molecule has 0 aromatic heterocycles. The van der Waals surface area contributed by atoms with Crippen LogP contribution >= 0.6 is 0 Å². The highest BCUT2D eigenvalue weighted by molar-refractivity contribution is 5.67. The van der Waals surface area contributed by atoms with Gasteiger partial charge in [-0.2, -0.15) is 4.39 Å². The first-order valence-electron chi connectivity index (χ1n) is 12.9. The van der Waals surface area contributed by atoms with Crippen LogP contribution in [0.4, 0.5) is 8.78 Å². The van der Waals surface area contributed by atoms with Crippen LogP contribution in [0.1, 0.15) is 109 Å². The van der Waals surface area contributed by atoms with Crippen molar-refractivity contribution in [2.24, 2.45) is 17.8 Å². The smallest absolute Gasteiger partial charge is 0.201 e. The summed E-state index contributed by atoms with van der Waals surface area (Å²) >= 11 is 0. The molecule has 2 aliphatic rings. The first kappa shape index (κ1) is 24.3. The molecule has 174 valence electrons. The largest absolute Gasteiger partial charge is 0.491 e. The normalized spacial score (nSPS) is 24.1. The molecule has 2 aliphatic carbocycles. The molecule has 0 saturated heterocycles. The van der Waals surface area contributed by atoms with Crippen LogP contribution in [0.5, 0.6) is 5.75 Å². The van der Waals surface area contributed by atoms with Gasteiger partial charge < -0.3 is 4.74 Å². The van der Waals surface area contributed by atoms with Crippen LogP contribution in [0.15, 0.2) is 18.2 Å². The van der Waals surface area contributed by atoms with E-state index in [0.717, 1.165) is 36.7 Å². The number of hydrogen-bond acceptors (Lipinski definition) is 1. The highest BCUT2D eigenvalue weighted by Gasteiger charge is 2.24. The predicted molar refractivity (Wildman–Crippen MR) is 126 cm³/mol. The van der Waals surface area contributed by atoms with E-state index in [0.29, 0.717) is 18.1 Å². The SMILES string of the molecule is CCCCCCC1CCC(CCC2CC=C(c3ccc(OCC)c(F)c3F)CC2)CC1. The van der Waals surface area contributed by atoms with E-state index in [9.17, 15) is 8.78 Å². The van der Waals surface area contributed by atoms with Gasteiger partial charge in [0.1, 0.15) is 0 Å². The summed E-state index contributed by atoms with van der Waals surface area (Å²) < 4.78 is 33.9.